The van der Waals surface area contributed by atoms with Crippen LogP contribution in [0, 0.1) is 22.8 Å². The third-order valence-electron chi connectivity index (χ3n) is 10.9. The van der Waals surface area contributed by atoms with Crippen LogP contribution in [0.1, 0.15) is 90.3 Å². The average Bonchev–Trinajstić information content (AvgIpc) is 3.71. The molecule has 7 rings (SSSR count). The van der Waals surface area contributed by atoms with E-state index in [0.717, 1.165) is 69.4 Å². The van der Waals surface area contributed by atoms with Crippen LogP contribution >= 0.6 is 0 Å². The minimum atomic E-state index is -4.58. The van der Waals surface area contributed by atoms with Crippen molar-refractivity contribution >= 4 is 11.6 Å². The number of halogens is 3. The first-order chi connectivity index (χ1) is 21.5. The third-order valence-corrected chi connectivity index (χ3v) is 10.9. The highest BCUT2D eigenvalue weighted by atomic mass is 19.4. The number of nitriles is 1. The number of amides is 1. The molecule has 0 radical (unpaired) electrons. The lowest BCUT2D eigenvalue weighted by Crippen LogP contribution is -2.43. The summed E-state index contributed by atoms with van der Waals surface area (Å²) in [7, 11) is 1.92. The summed E-state index contributed by atoms with van der Waals surface area (Å²) in [6, 6.07) is 10.7. The molecular formula is C34H38F3N7O. The van der Waals surface area contributed by atoms with E-state index < -0.39 is 17.6 Å². The second kappa shape index (κ2) is 10.9. The molecule has 1 amide bonds. The molecule has 0 atom stereocenters. The molecule has 2 aromatic carbocycles. The summed E-state index contributed by atoms with van der Waals surface area (Å²) in [4.78, 5) is 17.1. The Kier molecular flexibility index (Phi) is 7.19. The van der Waals surface area contributed by atoms with Crippen molar-refractivity contribution in [2.24, 2.45) is 18.4 Å². The minimum Gasteiger partial charge on any atom is -0.320 e. The third kappa shape index (κ3) is 5.17. The Balaban J connectivity index is 1.11. The number of nitrogens with zero attached hydrogens (tertiary/aromatic N) is 6. The van der Waals surface area contributed by atoms with Crippen molar-refractivity contribution in [1.82, 2.24) is 25.0 Å². The highest BCUT2D eigenvalue weighted by Gasteiger charge is 2.49. The van der Waals surface area contributed by atoms with Gasteiger partial charge in [-0.1, -0.05) is 19.1 Å². The number of rotatable bonds is 6. The standard InChI is InChI=1S/C34H38F3N7O/c1-22-15-33(16-22,31-41-40-21-42(31)2)24-4-3-5-26(14-24)44-18-28-27(30(44)45)12-23(13-29(28)34(35,36)37)17-39-25-6-8-32(9-7-25)10-11-43(19-32)20-38/h3-5,12-14,21-22,25,39H,6-11,15-19H2,1-2H3. The van der Waals surface area contributed by atoms with E-state index >= 15 is 0 Å². The van der Waals surface area contributed by atoms with Crippen LogP contribution in [0.3, 0.4) is 0 Å². The average molecular weight is 618 g/mol. The number of nitrogens with one attached hydrogen (secondary N) is 1. The van der Waals surface area contributed by atoms with Gasteiger partial charge in [-0.2, -0.15) is 18.4 Å². The molecule has 3 fully saturated rings. The number of anilines is 1. The first kappa shape index (κ1) is 29.8. The van der Waals surface area contributed by atoms with E-state index in [-0.39, 0.29) is 41.1 Å². The summed E-state index contributed by atoms with van der Waals surface area (Å²) >= 11 is 0. The number of carbonyl (C=O) groups excluding carboxylic acids is 1. The summed E-state index contributed by atoms with van der Waals surface area (Å²) in [5.74, 6) is 0.939. The summed E-state index contributed by atoms with van der Waals surface area (Å²) < 4.78 is 45.2. The Morgan fingerprint density at radius 2 is 1.91 bits per heavy atom. The van der Waals surface area contributed by atoms with Crippen molar-refractivity contribution < 1.29 is 18.0 Å². The Labute approximate surface area is 261 Å². The van der Waals surface area contributed by atoms with Crippen molar-refractivity contribution in [2.75, 3.05) is 18.0 Å². The molecule has 1 aromatic heterocycles. The maximum absolute atomic E-state index is 14.4. The fourth-order valence-electron chi connectivity index (χ4n) is 8.52. The molecule has 2 aliphatic carbocycles. The van der Waals surface area contributed by atoms with Crippen LogP contribution < -0.4 is 10.2 Å². The minimum absolute atomic E-state index is 0.0322. The zero-order chi connectivity index (χ0) is 31.6. The number of hydrogen-bond acceptors (Lipinski definition) is 6. The zero-order valence-electron chi connectivity index (χ0n) is 25.7. The summed E-state index contributed by atoms with van der Waals surface area (Å²) in [6.45, 7) is 3.93. The molecule has 1 N–H and O–H groups in total. The van der Waals surface area contributed by atoms with Gasteiger partial charge in [-0.05, 0) is 97.2 Å². The van der Waals surface area contributed by atoms with Crippen LogP contribution in [-0.2, 0) is 31.7 Å². The largest absolute Gasteiger partial charge is 0.416 e. The number of fused-ring (bicyclic) bond motifs is 1. The molecule has 0 bridgehead atoms. The fraction of sp³-hybridized carbons (Fsp3) is 0.529. The van der Waals surface area contributed by atoms with E-state index in [9.17, 15) is 23.2 Å². The lowest BCUT2D eigenvalue weighted by molar-refractivity contribution is -0.138. The van der Waals surface area contributed by atoms with Crippen LogP contribution in [0.2, 0.25) is 0 Å². The van der Waals surface area contributed by atoms with Gasteiger partial charge in [-0.25, -0.2) is 0 Å². The number of carbonyl (C=O) groups is 1. The van der Waals surface area contributed by atoms with E-state index in [4.69, 9.17) is 0 Å². The van der Waals surface area contributed by atoms with Gasteiger partial charge in [-0.3, -0.25) is 4.79 Å². The van der Waals surface area contributed by atoms with Gasteiger partial charge in [0.2, 0.25) is 0 Å². The second-order valence-corrected chi connectivity index (χ2v) is 13.9. The van der Waals surface area contributed by atoms with E-state index in [0.29, 0.717) is 17.2 Å². The van der Waals surface area contributed by atoms with Crippen LogP contribution in [0.4, 0.5) is 18.9 Å². The van der Waals surface area contributed by atoms with Crippen molar-refractivity contribution in [2.45, 2.75) is 82.6 Å². The highest BCUT2D eigenvalue weighted by molar-refractivity contribution is 6.10. The van der Waals surface area contributed by atoms with Gasteiger partial charge >= 0.3 is 6.18 Å². The topological polar surface area (TPSA) is 90.1 Å². The van der Waals surface area contributed by atoms with Crippen LogP contribution in [0.25, 0.3) is 0 Å². The number of aryl methyl sites for hydroxylation is 1. The molecule has 45 heavy (non-hydrogen) atoms. The number of alkyl halides is 3. The molecule has 11 heteroatoms. The van der Waals surface area contributed by atoms with Gasteiger partial charge in [0.25, 0.3) is 5.91 Å². The first-order valence-corrected chi connectivity index (χ1v) is 15.9. The van der Waals surface area contributed by atoms with E-state index in [1.165, 1.54) is 11.0 Å². The normalized spacial score (nSPS) is 28.0. The smallest absolute Gasteiger partial charge is 0.320 e. The molecule has 0 unspecified atom stereocenters. The molecular weight excluding hydrogens is 579 g/mol. The Morgan fingerprint density at radius 3 is 2.56 bits per heavy atom. The van der Waals surface area contributed by atoms with Crippen molar-refractivity contribution in [3.05, 3.63) is 76.4 Å². The van der Waals surface area contributed by atoms with Crippen molar-refractivity contribution in [3.63, 3.8) is 0 Å². The van der Waals surface area contributed by atoms with E-state index in [1.807, 2.05) is 34.7 Å². The molecule has 1 saturated heterocycles. The Hall–Kier alpha value is -3.91. The predicted octanol–water partition coefficient (Wildman–Crippen LogP) is 5.92. The lowest BCUT2D eigenvalue weighted by Gasteiger charge is -2.46. The SMILES string of the molecule is CC1CC(c2cccc(N3Cc4c(cc(CNC5CCC6(CC5)CCN(C#N)C6)cc4C(F)(F)F)C3=O)c2)(c2nncn2C)C1. The second-order valence-electron chi connectivity index (χ2n) is 13.9. The number of aromatic nitrogens is 3. The Bertz CT molecular complexity index is 1660. The summed E-state index contributed by atoms with van der Waals surface area (Å²) in [5, 5.41) is 21.2. The molecule has 3 heterocycles. The van der Waals surface area contributed by atoms with Gasteiger partial charge < -0.3 is 19.7 Å². The molecule has 3 aromatic rings. The summed E-state index contributed by atoms with van der Waals surface area (Å²) in [6.07, 6.45) is 6.00. The maximum Gasteiger partial charge on any atom is 0.416 e. The van der Waals surface area contributed by atoms with E-state index in [1.54, 1.807) is 18.5 Å². The van der Waals surface area contributed by atoms with Gasteiger partial charge in [0.15, 0.2) is 6.19 Å². The molecule has 2 aliphatic heterocycles. The molecule has 1 spiro atoms. The molecule has 4 aliphatic rings. The van der Waals surface area contributed by atoms with Gasteiger partial charge in [0, 0.05) is 44.0 Å². The van der Waals surface area contributed by atoms with Crippen molar-refractivity contribution in [1.29, 1.82) is 5.26 Å². The number of hydrogen-bond donors (Lipinski definition) is 1. The Morgan fingerprint density at radius 1 is 1.13 bits per heavy atom. The molecule has 8 nitrogen and oxygen atoms in total. The van der Waals surface area contributed by atoms with Crippen LogP contribution in [0.5, 0.6) is 0 Å². The molecule has 236 valence electrons. The van der Waals surface area contributed by atoms with Gasteiger partial charge in [-0.15, -0.1) is 10.2 Å². The monoisotopic (exact) mass is 617 g/mol. The molecule has 2 saturated carbocycles. The number of likely N-dealkylation sites (tertiary alicyclic amines) is 1. The predicted molar refractivity (Wildman–Crippen MR) is 162 cm³/mol. The van der Waals surface area contributed by atoms with E-state index in [2.05, 4.69) is 28.6 Å². The lowest BCUT2D eigenvalue weighted by atomic mass is 9.58. The maximum atomic E-state index is 14.4. The quantitative estimate of drug-likeness (QED) is 0.346. The van der Waals surface area contributed by atoms with Crippen molar-refractivity contribution in [3.8, 4) is 6.19 Å². The number of benzene rings is 2. The summed E-state index contributed by atoms with van der Waals surface area (Å²) in [5.41, 5.74) is 1.29. The fourth-order valence-corrected chi connectivity index (χ4v) is 8.52. The van der Waals surface area contributed by atoms with Gasteiger partial charge in [0.05, 0.1) is 17.5 Å². The van der Waals surface area contributed by atoms with Gasteiger partial charge in [0.1, 0.15) is 12.2 Å². The zero-order valence-corrected chi connectivity index (χ0v) is 25.7. The highest BCUT2D eigenvalue weighted by Crippen LogP contribution is 2.52. The van der Waals surface area contributed by atoms with Crippen LogP contribution in [0.15, 0.2) is 42.7 Å². The van der Waals surface area contributed by atoms with Crippen LogP contribution in [-0.4, -0.2) is 44.7 Å². The first-order valence-electron chi connectivity index (χ1n) is 15.9.